The molecule has 2 amide bonds. The zero-order chi connectivity index (χ0) is 16.0. The summed E-state index contributed by atoms with van der Waals surface area (Å²) in [5.74, 6) is 6.36. The topological polar surface area (TPSA) is 102 Å². The SMILES string of the molecule is CC(C)C(Cc1ccc(Cl)c(OCCO)c1)N(N)C(N)=O. The van der Waals surface area contributed by atoms with E-state index in [0.29, 0.717) is 17.2 Å². The Kier molecular flexibility index (Phi) is 6.74. The van der Waals surface area contributed by atoms with Crippen molar-refractivity contribution in [1.82, 2.24) is 5.01 Å². The predicted octanol–water partition coefficient (Wildman–Crippen LogP) is 1.53. The van der Waals surface area contributed by atoms with Gasteiger partial charge in [0.2, 0.25) is 0 Å². The Balaban J connectivity index is 2.91. The number of carbonyl (C=O) groups is 1. The van der Waals surface area contributed by atoms with Crippen LogP contribution in [0.2, 0.25) is 5.02 Å². The average Bonchev–Trinajstić information content (AvgIpc) is 2.43. The average molecular weight is 316 g/mol. The fourth-order valence-corrected chi connectivity index (χ4v) is 2.17. The first-order chi connectivity index (χ1) is 9.86. The van der Waals surface area contributed by atoms with E-state index in [1.807, 2.05) is 19.9 Å². The van der Waals surface area contributed by atoms with E-state index in [-0.39, 0.29) is 25.2 Å². The number of amides is 2. The highest BCUT2D eigenvalue weighted by Gasteiger charge is 2.23. The molecule has 6 nitrogen and oxygen atoms in total. The molecule has 1 rings (SSSR count). The van der Waals surface area contributed by atoms with Gasteiger partial charge in [-0.05, 0) is 30.0 Å². The van der Waals surface area contributed by atoms with Crippen molar-refractivity contribution in [3.63, 3.8) is 0 Å². The Morgan fingerprint density at radius 2 is 2.14 bits per heavy atom. The van der Waals surface area contributed by atoms with Crippen LogP contribution in [0.4, 0.5) is 4.79 Å². The fourth-order valence-electron chi connectivity index (χ4n) is 2.00. The van der Waals surface area contributed by atoms with Gasteiger partial charge in [0.05, 0.1) is 17.7 Å². The van der Waals surface area contributed by atoms with Crippen molar-refractivity contribution in [1.29, 1.82) is 0 Å². The largest absolute Gasteiger partial charge is 0.490 e. The van der Waals surface area contributed by atoms with Gasteiger partial charge in [0.1, 0.15) is 12.4 Å². The third-order valence-corrected chi connectivity index (χ3v) is 3.48. The molecule has 0 saturated heterocycles. The maximum atomic E-state index is 11.2. The fraction of sp³-hybridized carbons (Fsp3) is 0.500. The molecule has 0 aliphatic rings. The number of primary amides is 1. The Labute approximate surface area is 129 Å². The van der Waals surface area contributed by atoms with Gasteiger partial charge in [-0.15, -0.1) is 0 Å². The lowest BCUT2D eigenvalue weighted by atomic mass is 9.96. The van der Waals surface area contributed by atoms with E-state index in [0.717, 1.165) is 10.6 Å². The van der Waals surface area contributed by atoms with Gasteiger partial charge in [-0.1, -0.05) is 31.5 Å². The molecule has 0 spiro atoms. The van der Waals surface area contributed by atoms with Crippen LogP contribution in [-0.2, 0) is 6.42 Å². The molecule has 1 aromatic rings. The molecular formula is C14H22ClN3O3. The summed E-state index contributed by atoms with van der Waals surface area (Å²) in [4.78, 5) is 11.2. The molecule has 1 aromatic carbocycles. The monoisotopic (exact) mass is 315 g/mol. The number of hydrazine groups is 1. The molecule has 0 aromatic heterocycles. The lowest BCUT2D eigenvalue weighted by Gasteiger charge is -2.29. The number of hydrogen-bond acceptors (Lipinski definition) is 4. The smallest absolute Gasteiger partial charge is 0.329 e. The van der Waals surface area contributed by atoms with Crippen LogP contribution in [0.15, 0.2) is 18.2 Å². The highest BCUT2D eigenvalue weighted by Crippen LogP contribution is 2.27. The van der Waals surface area contributed by atoms with E-state index >= 15 is 0 Å². The van der Waals surface area contributed by atoms with Gasteiger partial charge in [0.25, 0.3) is 0 Å². The molecule has 0 saturated carbocycles. The molecule has 118 valence electrons. The third kappa shape index (κ3) is 5.08. The van der Waals surface area contributed by atoms with Crippen molar-refractivity contribution >= 4 is 17.6 Å². The first-order valence-corrected chi connectivity index (χ1v) is 7.10. The first kappa shape index (κ1) is 17.6. The highest BCUT2D eigenvalue weighted by molar-refractivity contribution is 6.32. The summed E-state index contributed by atoms with van der Waals surface area (Å²) in [5.41, 5.74) is 6.16. The molecule has 0 fully saturated rings. The lowest BCUT2D eigenvalue weighted by Crippen LogP contribution is -2.51. The third-order valence-electron chi connectivity index (χ3n) is 3.17. The van der Waals surface area contributed by atoms with Crippen molar-refractivity contribution in [2.75, 3.05) is 13.2 Å². The minimum atomic E-state index is -0.667. The molecule has 21 heavy (non-hydrogen) atoms. The van der Waals surface area contributed by atoms with Crippen LogP contribution < -0.4 is 16.3 Å². The molecule has 5 N–H and O–H groups in total. The number of rotatable bonds is 7. The number of halogens is 1. The number of nitrogens with zero attached hydrogens (tertiary/aromatic N) is 1. The van der Waals surface area contributed by atoms with Gasteiger partial charge >= 0.3 is 6.03 Å². The number of aliphatic hydroxyl groups excluding tert-OH is 1. The van der Waals surface area contributed by atoms with Crippen LogP contribution in [0.1, 0.15) is 19.4 Å². The van der Waals surface area contributed by atoms with E-state index in [4.69, 9.17) is 33.0 Å². The molecule has 7 heteroatoms. The molecule has 0 heterocycles. The Morgan fingerprint density at radius 1 is 1.48 bits per heavy atom. The molecule has 0 radical (unpaired) electrons. The zero-order valence-electron chi connectivity index (χ0n) is 12.3. The van der Waals surface area contributed by atoms with Crippen LogP contribution in [0.3, 0.4) is 0 Å². The van der Waals surface area contributed by atoms with E-state index in [1.165, 1.54) is 0 Å². The molecule has 0 aliphatic heterocycles. The standard InChI is InChI=1S/C14H22ClN3O3/c1-9(2)12(18(17)14(16)20)7-10-3-4-11(15)13(8-10)21-6-5-19/h3-4,8-9,12,19H,5-7,17H2,1-2H3,(H2,16,20). The summed E-state index contributed by atoms with van der Waals surface area (Å²) in [6.07, 6.45) is 0.532. The first-order valence-electron chi connectivity index (χ1n) is 6.72. The second kappa shape index (κ2) is 8.07. The number of nitrogens with two attached hydrogens (primary N) is 2. The minimum Gasteiger partial charge on any atom is -0.490 e. The summed E-state index contributed by atoms with van der Waals surface area (Å²) < 4.78 is 5.36. The van der Waals surface area contributed by atoms with Gasteiger partial charge in [0, 0.05) is 0 Å². The van der Waals surface area contributed by atoms with Crippen LogP contribution in [-0.4, -0.2) is 35.4 Å². The van der Waals surface area contributed by atoms with E-state index in [2.05, 4.69) is 0 Å². The van der Waals surface area contributed by atoms with E-state index in [1.54, 1.807) is 12.1 Å². The second-order valence-electron chi connectivity index (χ2n) is 5.10. The van der Waals surface area contributed by atoms with Gasteiger partial charge in [-0.3, -0.25) is 5.01 Å². The Bertz CT molecular complexity index is 483. The molecule has 1 atom stereocenters. The number of hydrogen-bond donors (Lipinski definition) is 3. The van der Waals surface area contributed by atoms with Crippen molar-refractivity contribution in [2.24, 2.45) is 17.5 Å². The summed E-state index contributed by atoms with van der Waals surface area (Å²) in [5, 5.41) is 10.3. The summed E-state index contributed by atoms with van der Waals surface area (Å²) >= 11 is 6.03. The summed E-state index contributed by atoms with van der Waals surface area (Å²) in [6, 6.07) is 4.45. The predicted molar refractivity (Wildman–Crippen MR) is 82.0 cm³/mol. The van der Waals surface area contributed by atoms with Crippen LogP contribution in [0.25, 0.3) is 0 Å². The van der Waals surface area contributed by atoms with Crippen molar-refractivity contribution < 1.29 is 14.6 Å². The zero-order valence-corrected chi connectivity index (χ0v) is 13.0. The number of aliphatic hydroxyl groups is 1. The summed E-state index contributed by atoms with van der Waals surface area (Å²) in [7, 11) is 0. The second-order valence-corrected chi connectivity index (χ2v) is 5.51. The Morgan fingerprint density at radius 3 is 2.67 bits per heavy atom. The van der Waals surface area contributed by atoms with Crippen LogP contribution >= 0.6 is 11.6 Å². The van der Waals surface area contributed by atoms with Crippen molar-refractivity contribution in [3.05, 3.63) is 28.8 Å². The molecule has 1 unspecified atom stereocenters. The number of urea groups is 1. The quantitative estimate of drug-likeness (QED) is 0.403. The number of carbonyl (C=O) groups excluding carboxylic acids is 1. The number of benzene rings is 1. The van der Waals surface area contributed by atoms with Crippen LogP contribution in [0.5, 0.6) is 5.75 Å². The molecule has 0 bridgehead atoms. The maximum absolute atomic E-state index is 11.2. The molecule has 0 aliphatic carbocycles. The highest BCUT2D eigenvalue weighted by atomic mass is 35.5. The van der Waals surface area contributed by atoms with Gasteiger partial charge in [0.15, 0.2) is 0 Å². The van der Waals surface area contributed by atoms with Crippen molar-refractivity contribution in [2.45, 2.75) is 26.3 Å². The van der Waals surface area contributed by atoms with Crippen molar-refractivity contribution in [3.8, 4) is 5.75 Å². The lowest BCUT2D eigenvalue weighted by molar-refractivity contribution is 0.163. The van der Waals surface area contributed by atoms with Gasteiger partial charge in [-0.25, -0.2) is 10.6 Å². The van der Waals surface area contributed by atoms with E-state index < -0.39 is 6.03 Å². The van der Waals surface area contributed by atoms with Gasteiger partial charge in [-0.2, -0.15) is 0 Å². The maximum Gasteiger partial charge on any atom is 0.329 e. The Hall–Kier alpha value is -1.50. The normalized spacial score (nSPS) is 12.3. The van der Waals surface area contributed by atoms with Crippen LogP contribution in [0, 0.1) is 5.92 Å². The number of ether oxygens (including phenoxy) is 1. The molecular weight excluding hydrogens is 294 g/mol. The van der Waals surface area contributed by atoms with E-state index in [9.17, 15) is 4.79 Å². The van der Waals surface area contributed by atoms with Gasteiger partial charge < -0.3 is 15.6 Å². The minimum absolute atomic E-state index is 0.0899. The summed E-state index contributed by atoms with van der Waals surface area (Å²) in [6.45, 7) is 4.01.